The quantitative estimate of drug-likeness (QED) is 0.430. The molecule has 152 valence electrons. The van der Waals surface area contributed by atoms with E-state index in [-0.39, 0.29) is 36.7 Å². The number of nitro groups is 1. The van der Waals surface area contributed by atoms with Crippen molar-refractivity contribution < 1.29 is 24.0 Å². The van der Waals surface area contributed by atoms with Crippen LogP contribution in [0.2, 0.25) is 0 Å². The molecule has 0 aliphatic carbocycles. The van der Waals surface area contributed by atoms with Gasteiger partial charge < -0.3 is 15.0 Å². The summed E-state index contributed by atoms with van der Waals surface area (Å²) in [5, 5.41) is 13.1. The average Bonchev–Trinajstić information content (AvgIpc) is 2.65. The minimum Gasteiger partial charge on any atom is -0.456 e. The van der Waals surface area contributed by atoms with Gasteiger partial charge in [-0.15, -0.1) is 0 Å². The molecule has 0 aromatic heterocycles. The number of carbonyl (C=O) groups excluding carboxylic acids is 3. The van der Waals surface area contributed by atoms with Crippen molar-refractivity contribution >= 4 is 23.5 Å². The summed E-state index contributed by atoms with van der Waals surface area (Å²) in [5.41, 5.74) is 0.143. The smallest absolute Gasteiger partial charge is 0.308 e. The highest BCUT2D eigenvalue weighted by molar-refractivity contribution is 5.94. The van der Waals surface area contributed by atoms with E-state index in [0.717, 1.165) is 6.42 Å². The first-order valence-electron chi connectivity index (χ1n) is 9.22. The molecular formula is C19H25N3O6. The summed E-state index contributed by atoms with van der Waals surface area (Å²) in [6.07, 6.45) is 1.01. The van der Waals surface area contributed by atoms with Crippen molar-refractivity contribution in [3.05, 3.63) is 39.9 Å². The summed E-state index contributed by atoms with van der Waals surface area (Å²) >= 11 is 0. The Morgan fingerprint density at radius 2 is 1.79 bits per heavy atom. The Bertz CT molecular complexity index is 724. The molecule has 28 heavy (non-hydrogen) atoms. The lowest BCUT2D eigenvalue weighted by Gasteiger charge is -2.34. The van der Waals surface area contributed by atoms with Crippen LogP contribution in [0.15, 0.2) is 24.3 Å². The molecule has 9 heteroatoms. The fraction of sp³-hybridized carbons (Fsp3) is 0.526. The van der Waals surface area contributed by atoms with Crippen molar-refractivity contribution in [1.82, 2.24) is 10.2 Å². The van der Waals surface area contributed by atoms with Crippen LogP contribution in [-0.4, -0.2) is 53.8 Å². The van der Waals surface area contributed by atoms with Crippen LogP contribution >= 0.6 is 0 Å². The van der Waals surface area contributed by atoms with E-state index >= 15 is 0 Å². The minimum absolute atomic E-state index is 0.0423. The number of nitrogens with zero attached hydrogens (tertiary/aromatic N) is 2. The molecule has 0 spiro atoms. The second-order valence-corrected chi connectivity index (χ2v) is 7.22. The minimum atomic E-state index is -0.574. The molecule has 9 nitrogen and oxygen atoms in total. The Balaban J connectivity index is 1.68. The van der Waals surface area contributed by atoms with Gasteiger partial charge in [0.1, 0.15) is 0 Å². The predicted octanol–water partition coefficient (Wildman–Crippen LogP) is 1.76. The Kier molecular flexibility index (Phi) is 7.48. The molecular weight excluding hydrogens is 366 g/mol. The maximum Gasteiger partial charge on any atom is 0.308 e. The largest absolute Gasteiger partial charge is 0.456 e. The van der Waals surface area contributed by atoms with Gasteiger partial charge in [0.25, 0.3) is 17.5 Å². The normalized spacial score (nSPS) is 19.0. The maximum absolute atomic E-state index is 12.2. The SMILES string of the molecule is C[C@@H]1C[C@H](C)CN(C(=O)COC(=O)CCNC(=O)c2ccc([N+](=O)[O-])cc2)C1. The Morgan fingerprint density at radius 1 is 1.18 bits per heavy atom. The van der Waals surface area contributed by atoms with Crippen LogP contribution < -0.4 is 5.32 Å². The van der Waals surface area contributed by atoms with E-state index in [1.54, 1.807) is 4.90 Å². The monoisotopic (exact) mass is 391 g/mol. The number of hydrogen-bond acceptors (Lipinski definition) is 6. The number of likely N-dealkylation sites (tertiary alicyclic amines) is 1. The molecule has 0 saturated carbocycles. The number of amides is 2. The molecule has 2 atom stereocenters. The highest BCUT2D eigenvalue weighted by Crippen LogP contribution is 2.20. The third-order valence-corrected chi connectivity index (χ3v) is 4.53. The van der Waals surface area contributed by atoms with Crippen LogP contribution in [0.3, 0.4) is 0 Å². The van der Waals surface area contributed by atoms with Crippen molar-refractivity contribution in [3.8, 4) is 0 Å². The van der Waals surface area contributed by atoms with Crippen LogP contribution in [-0.2, 0) is 14.3 Å². The summed E-state index contributed by atoms with van der Waals surface area (Å²) in [4.78, 5) is 47.7. The fourth-order valence-electron chi connectivity index (χ4n) is 3.29. The number of benzene rings is 1. The number of non-ortho nitro benzene ring substituents is 1. The highest BCUT2D eigenvalue weighted by Gasteiger charge is 2.25. The molecule has 1 heterocycles. The molecule has 1 saturated heterocycles. The van der Waals surface area contributed by atoms with Crippen LogP contribution in [0.4, 0.5) is 5.69 Å². The zero-order chi connectivity index (χ0) is 20.7. The van der Waals surface area contributed by atoms with Gasteiger partial charge in [0.05, 0.1) is 11.3 Å². The van der Waals surface area contributed by atoms with Gasteiger partial charge in [0, 0.05) is 37.3 Å². The van der Waals surface area contributed by atoms with Crippen molar-refractivity contribution in [2.45, 2.75) is 26.7 Å². The fourth-order valence-corrected chi connectivity index (χ4v) is 3.29. The van der Waals surface area contributed by atoms with Crippen molar-refractivity contribution in [2.24, 2.45) is 11.8 Å². The van der Waals surface area contributed by atoms with Gasteiger partial charge in [-0.2, -0.15) is 0 Å². The van der Waals surface area contributed by atoms with E-state index in [2.05, 4.69) is 19.2 Å². The third kappa shape index (κ3) is 6.33. The van der Waals surface area contributed by atoms with E-state index in [1.165, 1.54) is 24.3 Å². The molecule has 2 amide bonds. The predicted molar refractivity (Wildman–Crippen MR) is 101 cm³/mol. The third-order valence-electron chi connectivity index (χ3n) is 4.53. The number of carbonyl (C=O) groups is 3. The lowest BCUT2D eigenvalue weighted by atomic mass is 9.92. The van der Waals surface area contributed by atoms with E-state index in [1.807, 2.05) is 0 Å². The first-order chi connectivity index (χ1) is 13.3. The highest BCUT2D eigenvalue weighted by atomic mass is 16.6. The number of nitrogens with one attached hydrogen (secondary N) is 1. The molecule has 0 radical (unpaired) electrons. The average molecular weight is 391 g/mol. The zero-order valence-corrected chi connectivity index (χ0v) is 16.1. The molecule has 1 aromatic rings. The number of rotatable bonds is 7. The van der Waals surface area contributed by atoms with Crippen molar-refractivity contribution in [3.63, 3.8) is 0 Å². The molecule has 1 fully saturated rings. The first kappa shape index (κ1) is 21.3. The van der Waals surface area contributed by atoms with E-state index in [4.69, 9.17) is 4.74 Å². The second kappa shape index (κ2) is 9.82. The van der Waals surface area contributed by atoms with Crippen LogP contribution in [0, 0.1) is 22.0 Å². The zero-order valence-electron chi connectivity index (χ0n) is 16.1. The van der Waals surface area contributed by atoms with E-state index < -0.39 is 16.8 Å². The lowest BCUT2D eigenvalue weighted by molar-refractivity contribution is -0.384. The summed E-state index contributed by atoms with van der Waals surface area (Å²) in [5.74, 6) is -0.372. The van der Waals surface area contributed by atoms with Gasteiger partial charge >= 0.3 is 5.97 Å². The molecule has 0 unspecified atom stereocenters. The summed E-state index contributed by atoms with van der Waals surface area (Å²) in [6, 6.07) is 5.14. The Labute approximate surface area is 163 Å². The van der Waals surface area contributed by atoms with Gasteiger partial charge in [0.2, 0.25) is 0 Å². The van der Waals surface area contributed by atoms with Crippen molar-refractivity contribution in [1.29, 1.82) is 0 Å². The van der Waals surface area contributed by atoms with Crippen LogP contribution in [0.25, 0.3) is 0 Å². The number of piperidine rings is 1. The van der Waals surface area contributed by atoms with Crippen LogP contribution in [0.1, 0.15) is 37.0 Å². The van der Waals surface area contributed by atoms with Gasteiger partial charge in [-0.3, -0.25) is 24.5 Å². The molecule has 1 aliphatic heterocycles. The topological polar surface area (TPSA) is 119 Å². The van der Waals surface area contributed by atoms with Crippen molar-refractivity contribution in [2.75, 3.05) is 26.2 Å². The lowest BCUT2D eigenvalue weighted by Crippen LogP contribution is -2.44. The first-order valence-corrected chi connectivity index (χ1v) is 9.22. The number of nitro benzene ring substituents is 1. The Morgan fingerprint density at radius 3 is 2.36 bits per heavy atom. The van der Waals surface area contributed by atoms with Gasteiger partial charge in [0.15, 0.2) is 6.61 Å². The van der Waals surface area contributed by atoms with Gasteiger partial charge in [-0.05, 0) is 30.4 Å². The standard InChI is InChI=1S/C19H25N3O6/c1-13-9-14(2)11-21(10-13)17(23)12-28-18(24)7-8-20-19(25)15-3-5-16(6-4-15)22(26)27/h3-6,13-14H,7-12H2,1-2H3,(H,20,25)/t13-,14+. The molecule has 1 aromatic carbocycles. The van der Waals surface area contributed by atoms with E-state index in [0.29, 0.717) is 24.9 Å². The molecule has 1 aliphatic rings. The number of esters is 1. The summed E-state index contributed by atoms with van der Waals surface area (Å²) in [6.45, 7) is 5.28. The molecule has 2 rings (SSSR count). The van der Waals surface area contributed by atoms with Gasteiger partial charge in [-0.25, -0.2) is 0 Å². The van der Waals surface area contributed by atoms with Crippen LogP contribution in [0.5, 0.6) is 0 Å². The van der Waals surface area contributed by atoms with Gasteiger partial charge in [-0.1, -0.05) is 13.8 Å². The maximum atomic E-state index is 12.2. The number of hydrogen-bond donors (Lipinski definition) is 1. The van der Waals surface area contributed by atoms with E-state index in [9.17, 15) is 24.5 Å². The summed E-state index contributed by atoms with van der Waals surface area (Å²) < 4.78 is 5.00. The number of ether oxygens (including phenoxy) is 1. The Hall–Kier alpha value is -2.97. The molecule has 0 bridgehead atoms. The molecule has 1 N–H and O–H groups in total. The summed E-state index contributed by atoms with van der Waals surface area (Å²) in [7, 11) is 0. The second-order valence-electron chi connectivity index (χ2n) is 7.22.